The Morgan fingerprint density at radius 1 is 1.19 bits per heavy atom. The minimum Gasteiger partial charge on any atom is -0.368 e. The number of halogens is 1. The Morgan fingerprint density at radius 2 is 1.90 bits per heavy atom. The van der Waals surface area contributed by atoms with Gasteiger partial charge in [0, 0.05) is 17.1 Å². The Labute approximate surface area is 130 Å². The van der Waals surface area contributed by atoms with E-state index in [2.05, 4.69) is 26.2 Å². The lowest BCUT2D eigenvalue weighted by Crippen LogP contribution is -2.46. The fraction of sp³-hybridized carbons (Fsp3) is 0.133. The highest BCUT2D eigenvalue weighted by atomic mass is 79.9. The van der Waals surface area contributed by atoms with Gasteiger partial charge < -0.3 is 11.1 Å². The molecule has 0 aliphatic carbocycles. The number of benzene rings is 1. The van der Waals surface area contributed by atoms with E-state index in [0.717, 1.165) is 10.0 Å². The number of carbonyl (C=O) groups is 2. The SMILES string of the molecule is NC(=O)[C@H](Cc1ccccc1Br)NC(=O)c1ccccn1. The third-order valence-electron chi connectivity index (χ3n) is 2.93. The van der Waals surface area contributed by atoms with Gasteiger partial charge >= 0.3 is 0 Å². The lowest BCUT2D eigenvalue weighted by molar-refractivity contribution is -0.119. The van der Waals surface area contributed by atoms with E-state index >= 15 is 0 Å². The van der Waals surface area contributed by atoms with Gasteiger partial charge in [-0.25, -0.2) is 0 Å². The number of primary amides is 1. The van der Waals surface area contributed by atoms with Crippen molar-refractivity contribution in [1.29, 1.82) is 0 Å². The summed E-state index contributed by atoms with van der Waals surface area (Å²) in [5, 5.41) is 2.61. The first-order chi connectivity index (χ1) is 10.1. The zero-order valence-corrected chi connectivity index (χ0v) is 12.7. The number of pyridine rings is 1. The molecule has 0 fully saturated rings. The average molecular weight is 348 g/mol. The number of carbonyl (C=O) groups excluding carboxylic acids is 2. The fourth-order valence-electron chi connectivity index (χ4n) is 1.84. The average Bonchev–Trinajstić information content (AvgIpc) is 2.49. The molecule has 0 saturated heterocycles. The molecule has 108 valence electrons. The maximum atomic E-state index is 12.0. The van der Waals surface area contributed by atoms with Crippen LogP contribution in [0.1, 0.15) is 16.1 Å². The Hall–Kier alpha value is -2.21. The highest BCUT2D eigenvalue weighted by Gasteiger charge is 2.20. The largest absolute Gasteiger partial charge is 0.368 e. The van der Waals surface area contributed by atoms with Gasteiger partial charge in [-0.3, -0.25) is 14.6 Å². The van der Waals surface area contributed by atoms with Crippen LogP contribution in [0.2, 0.25) is 0 Å². The monoisotopic (exact) mass is 347 g/mol. The van der Waals surface area contributed by atoms with Crippen molar-refractivity contribution < 1.29 is 9.59 Å². The maximum Gasteiger partial charge on any atom is 0.270 e. The van der Waals surface area contributed by atoms with E-state index in [-0.39, 0.29) is 5.69 Å². The van der Waals surface area contributed by atoms with Gasteiger partial charge in [0.05, 0.1) is 0 Å². The molecule has 1 aromatic heterocycles. The van der Waals surface area contributed by atoms with Crippen molar-refractivity contribution in [3.05, 3.63) is 64.4 Å². The second-order valence-corrected chi connectivity index (χ2v) is 5.29. The maximum absolute atomic E-state index is 12.0. The quantitative estimate of drug-likeness (QED) is 0.862. The van der Waals surface area contributed by atoms with E-state index in [9.17, 15) is 9.59 Å². The topological polar surface area (TPSA) is 85.1 Å². The van der Waals surface area contributed by atoms with Crippen molar-refractivity contribution in [2.75, 3.05) is 0 Å². The summed E-state index contributed by atoms with van der Waals surface area (Å²) in [6.45, 7) is 0. The van der Waals surface area contributed by atoms with Crippen molar-refractivity contribution in [2.24, 2.45) is 5.73 Å². The zero-order valence-electron chi connectivity index (χ0n) is 11.1. The van der Waals surface area contributed by atoms with Gasteiger partial charge in [-0.05, 0) is 23.8 Å². The molecule has 2 amide bonds. The van der Waals surface area contributed by atoms with Crippen molar-refractivity contribution in [1.82, 2.24) is 10.3 Å². The summed E-state index contributed by atoms with van der Waals surface area (Å²) >= 11 is 3.41. The number of aromatic nitrogens is 1. The van der Waals surface area contributed by atoms with E-state index in [0.29, 0.717) is 6.42 Å². The molecule has 0 aliphatic heterocycles. The summed E-state index contributed by atoms with van der Waals surface area (Å²) in [6, 6.07) is 11.7. The second kappa shape index (κ2) is 6.99. The van der Waals surface area contributed by atoms with E-state index in [1.165, 1.54) is 6.20 Å². The van der Waals surface area contributed by atoms with Gasteiger partial charge in [0.15, 0.2) is 0 Å². The zero-order chi connectivity index (χ0) is 15.2. The molecular formula is C15H14BrN3O2. The molecule has 2 aromatic rings. The smallest absolute Gasteiger partial charge is 0.270 e. The van der Waals surface area contributed by atoms with Crippen LogP contribution in [0.25, 0.3) is 0 Å². The molecule has 5 nitrogen and oxygen atoms in total. The predicted molar refractivity (Wildman–Crippen MR) is 82.5 cm³/mol. The number of hydrogen-bond acceptors (Lipinski definition) is 3. The molecule has 1 heterocycles. The van der Waals surface area contributed by atoms with Crippen molar-refractivity contribution >= 4 is 27.7 Å². The molecule has 21 heavy (non-hydrogen) atoms. The lowest BCUT2D eigenvalue weighted by atomic mass is 10.1. The van der Waals surface area contributed by atoms with Crippen LogP contribution < -0.4 is 11.1 Å². The summed E-state index contributed by atoms with van der Waals surface area (Å²) in [4.78, 5) is 27.5. The van der Waals surface area contributed by atoms with Crippen LogP contribution >= 0.6 is 15.9 Å². The Balaban J connectivity index is 2.12. The summed E-state index contributed by atoms with van der Waals surface area (Å²) < 4.78 is 0.864. The van der Waals surface area contributed by atoms with Gasteiger partial charge in [0.1, 0.15) is 11.7 Å². The molecule has 1 atom stereocenters. The van der Waals surface area contributed by atoms with Crippen LogP contribution in [0, 0.1) is 0 Å². The first kappa shape index (κ1) is 15.2. The molecule has 6 heteroatoms. The molecule has 0 aliphatic rings. The Kier molecular flexibility index (Phi) is 5.05. The Morgan fingerprint density at radius 3 is 2.52 bits per heavy atom. The van der Waals surface area contributed by atoms with Gasteiger partial charge in [-0.1, -0.05) is 40.2 Å². The van der Waals surface area contributed by atoms with Crippen LogP contribution in [0.15, 0.2) is 53.1 Å². The Bertz CT molecular complexity index is 646. The predicted octanol–water partition coefficient (Wildman–Crippen LogP) is 1.67. The second-order valence-electron chi connectivity index (χ2n) is 4.44. The molecule has 0 radical (unpaired) electrons. The van der Waals surface area contributed by atoms with Crippen LogP contribution in [0.5, 0.6) is 0 Å². The minimum absolute atomic E-state index is 0.246. The van der Waals surface area contributed by atoms with E-state index in [1.807, 2.05) is 24.3 Å². The number of nitrogens with zero attached hydrogens (tertiary/aromatic N) is 1. The fourth-order valence-corrected chi connectivity index (χ4v) is 2.28. The third-order valence-corrected chi connectivity index (χ3v) is 3.70. The highest BCUT2D eigenvalue weighted by Crippen LogP contribution is 2.17. The first-order valence-electron chi connectivity index (χ1n) is 6.32. The van der Waals surface area contributed by atoms with Gasteiger partial charge in [0.25, 0.3) is 5.91 Å². The highest BCUT2D eigenvalue weighted by molar-refractivity contribution is 9.10. The summed E-state index contributed by atoms with van der Waals surface area (Å²) in [7, 11) is 0. The molecule has 0 unspecified atom stereocenters. The molecule has 0 spiro atoms. The standard InChI is InChI=1S/C15H14BrN3O2/c16-11-6-2-1-5-10(11)9-13(14(17)20)19-15(21)12-7-3-4-8-18-12/h1-8,13H,9H2,(H2,17,20)(H,19,21)/t13-/m0/s1. The molecule has 2 rings (SSSR count). The van der Waals surface area contributed by atoms with E-state index in [1.54, 1.807) is 18.2 Å². The van der Waals surface area contributed by atoms with Crippen molar-refractivity contribution in [3.8, 4) is 0 Å². The van der Waals surface area contributed by atoms with Crippen molar-refractivity contribution in [2.45, 2.75) is 12.5 Å². The lowest BCUT2D eigenvalue weighted by Gasteiger charge is -2.16. The van der Waals surface area contributed by atoms with Crippen LogP contribution in [0.4, 0.5) is 0 Å². The van der Waals surface area contributed by atoms with Gasteiger partial charge in [-0.15, -0.1) is 0 Å². The number of nitrogens with two attached hydrogens (primary N) is 1. The van der Waals surface area contributed by atoms with E-state index < -0.39 is 17.9 Å². The molecule has 1 aromatic carbocycles. The molecular weight excluding hydrogens is 334 g/mol. The van der Waals surface area contributed by atoms with Crippen LogP contribution in [-0.2, 0) is 11.2 Å². The van der Waals surface area contributed by atoms with Crippen LogP contribution in [0.3, 0.4) is 0 Å². The third kappa shape index (κ3) is 4.13. The van der Waals surface area contributed by atoms with Crippen molar-refractivity contribution in [3.63, 3.8) is 0 Å². The summed E-state index contributed by atoms with van der Waals surface area (Å²) in [5.41, 5.74) is 6.51. The summed E-state index contributed by atoms with van der Waals surface area (Å²) in [6.07, 6.45) is 1.83. The minimum atomic E-state index is -0.793. The number of rotatable bonds is 5. The van der Waals surface area contributed by atoms with Crippen LogP contribution in [-0.4, -0.2) is 22.8 Å². The normalized spacial score (nSPS) is 11.7. The van der Waals surface area contributed by atoms with E-state index in [4.69, 9.17) is 5.73 Å². The molecule has 0 saturated carbocycles. The number of hydrogen-bond donors (Lipinski definition) is 2. The molecule has 3 N–H and O–H groups in total. The number of nitrogens with one attached hydrogen (secondary N) is 1. The van der Waals surface area contributed by atoms with Gasteiger partial charge in [0.2, 0.25) is 5.91 Å². The van der Waals surface area contributed by atoms with Gasteiger partial charge in [-0.2, -0.15) is 0 Å². The number of amides is 2. The molecule has 0 bridgehead atoms. The first-order valence-corrected chi connectivity index (χ1v) is 7.12. The summed E-state index contributed by atoms with van der Waals surface area (Å²) in [5.74, 6) is -1.01.